The summed E-state index contributed by atoms with van der Waals surface area (Å²) in [4.78, 5) is 31.5. The Hall–Kier alpha value is -3.22. The molecule has 7 nitrogen and oxygen atoms in total. The van der Waals surface area contributed by atoms with Crippen molar-refractivity contribution in [1.29, 1.82) is 0 Å². The Kier molecular flexibility index (Phi) is 5.18. The zero-order valence-electron chi connectivity index (χ0n) is 17.4. The maximum Gasteiger partial charge on any atom is 0.259 e. The standard InChI is InChI=1S/C24H26N4O3/c25-20(29)11-8-15-5-4-12-28(14-15)24(30)18-13-19(16-9-10-16)26-23-21(18)22(27-31-23)17-6-2-1-3-7-17/h1-3,6-7,13,15-16H,4-5,8-12,14H2,(H2,25,29). The number of piperidine rings is 1. The van der Waals surface area contributed by atoms with Crippen LogP contribution in [0.1, 0.15) is 60.5 Å². The highest BCUT2D eigenvalue weighted by Gasteiger charge is 2.32. The molecule has 2 aromatic heterocycles. The van der Waals surface area contributed by atoms with E-state index in [1.54, 1.807) is 0 Å². The minimum atomic E-state index is -0.287. The number of rotatable bonds is 6. The summed E-state index contributed by atoms with van der Waals surface area (Å²) in [6.07, 6.45) is 5.20. The quantitative estimate of drug-likeness (QED) is 0.654. The number of fused-ring (bicyclic) bond motifs is 1. The number of nitrogens with two attached hydrogens (primary N) is 1. The fourth-order valence-electron chi connectivity index (χ4n) is 4.52. The third-order valence-corrected chi connectivity index (χ3v) is 6.34. The van der Waals surface area contributed by atoms with Gasteiger partial charge in [-0.2, -0.15) is 0 Å². The second-order valence-corrected chi connectivity index (χ2v) is 8.71. The molecule has 3 aromatic rings. The van der Waals surface area contributed by atoms with Crippen molar-refractivity contribution < 1.29 is 14.1 Å². The van der Waals surface area contributed by atoms with Crippen molar-refractivity contribution in [2.75, 3.05) is 13.1 Å². The molecule has 1 aromatic carbocycles. The number of amides is 2. The Bertz CT molecular complexity index is 1120. The molecule has 2 amide bonds. The Morgan fingerprint density at radius 2 is 1.97 bits per heavy atom. The van der Waals surface area contributed by atoms with Gasteiger partial charge in [0, 0.05) is 36.7 Å². The van der Waals surface area contributed by atoms with E-state index in [2.05, 4.69) is 10.1 Å². The van der Waals surface area contributed by atoms with E-state index in [4.69, 9.17) is 10.3 Å². The largest absolute Gasteiger partial charge is 0.370 e. The van der Waals surface area contributed by atoms with Crippen LogP contribution in [0.5, 0.6) is 0 Å². The lowest BCUT2D eigenvalue weighted by atomic mass is 9.92. The van der Waals surface area contributed by atoms with Gasteiger partial charge in [-0.25, -0.2) is 4.98 Å². The Labute approximate surface area is 180 Å². The summed E-state index contributed by atoms with van der Waals surface area (Å²) in [5.74, 6) is 0.385. The van der Waals surface area contributed by atoms with E-state index < -0.39 is 0 Å². The van der Waals surface area contributed by atoms with Crippen molar-refractivity contribution in [3.63, 3.8) is 0 Å². The number of carbonyl (C=O) groups excluding carboxylic acids is 2. The van der Waals surface area contributed by atoms with E-state index >= 15 is 0 Å². The second kappa shape index (κ2) is 8.13. The normalized spacial score (nSPS) is 19.0. The minimum absolute atomic E-state index is 0.0153. The van der Waals surface area contributed by atoms with Crippen molar-refractivity contribution >= 4 is 22.9 Å². The van der Waals surface area contributed by atoms with Gasteiger partial charge in [0.2, 0.25) is 5.91 Å². The molecule has 1 saturated carbocycles. The number of pyridine rings is 1. The number of carbonyl (C=O) groups is 2. The molecule has 1 unspecified atom stereocenters. The molecule has 1 aliphatic heterocycles. The maximum atomic E-state index is 13.7. The molecule has 3 heterocycles. The van der Waals surface area contributed by atoms with Gasteiger partial charge in [0.05, 0.1) is 10.9 Å². The Morgan fingerprint density at radius 3 is 2.71 bits per heavy atom. The molecule has 5 rings (SSSR count). The van der Waals surface area contributed by atoms with Crippen LogP contribution < -0.4 is 5.73 Å². The lowest BCUT2D eigenvalue weighted by Gasteiger charge is -2.33. The van der Waals surface area contributed by atoms with Crippen LogP contribution in [0.3, 0.4) is 0 Å². The van der Waals surface area contributed by atoms with Gasteiger partial charge < -0.3 is 15.2 Å². The maximum absolute atomic E-state index is 13.7. The van der Waals surface area contributed by atoms with E-state index in [-0.39, 0.29) is 11.8 Å². The first-order valence-corrected chi connectivity index (χ1v) is 11.0. The summed E-state index contributed by atoms with van der Waals surface area (Å²) in [6.45, 7) is 1.35. The molecule has 2 aliphatic rings. The summed E-state index contributed by atoms with van der Waals surface area (Å²) in [5.41, 5.74) is 8.82. The van der Waals surface area contributed by atoms with Crippen molar-refractivity contribution in [3.05, 3.63) is 47.7 Å². The summed E-state index contributed by atoms with van der Waals surface area (Å²) in [5, 5.41) is 4.96. The molecule has 1 saturated heterocycles. The molecule has 0 radical (unpaired) electrons. The van der Waals surface area contributed by atoms with Gasteiger partial charge in [-0.1, -0.05) is 35.5 Å². The predicted molar refractivity (Wildman–Crippen MR) is 116 cm³/mol. The second-order valence-electron chi connectivity index (χ2n) is 8.71. The third-order valence-electron chi connectivity index (χ3n) is 6.34. The first kappa shape index (κ1) is 19.7. The molecule has 7 heteroatoms. The predicted octanol–water partition coefficient (Wildman–Crippen LogP) is 3.88. The van der Waals surface area contributed by atoms with Gasteiger partial charge in [-0.15, -0.1) is 0 Å². The fraction of sp³-hybridized carbons (Fsp3) is 0.417. The number of aromatic nitrogens is 2. The average Bonchev–Trinajstić information content (AvgIpc) is 3.56. The Balaban J connectivity index is 1.52. The van der Waals surface area contributed by atoms with E-state index in [1.807, 2.05) is 41.3 Å². The minimum Gasteiger partial charge on any atom is -0.370 e. The van der Waals surface area contributed by atoms with Crippen LogP contribution in [0.2, 0.25) is 0 Å². The molecule has 2 N–H and O–H groups in total. The molecule has 160 valence electrons. The first-order valence-electron chi connectivity index (χ1n) is 11.0. The lowest BCUT2D eigenvalue weighted by Crippen LogP contribution is -2.40. The summed E-state index contributed by atoms with van der Waals surface area (Å²) >= 11 is 0. The van der Waals surface area contributed by atoms with Crippen molar-refractivity contribution in [1.82, 2.24) is 15.0 Å². The van der Waals surface area contributed by atoms with Gasteiger partial charge in [0.1, 0.15) is 5.69 Å². The van der Waals surface area contributed by atoms with Crippen molar-refractivity contribution in [2.24, 2.45) is 11.7 Å². The molecule has 0 bridgehead atoms. The van der Waals surface area contributed by atoms with E-state index in [0.717, 1.165) is 43.4 Å². The molecule has 1 atom stereocenters. The fourth-order valence-corrected chi connectivity index (χ4v) is 4.52. The lowest BCUT2D eigenvalue weighted by molar-refractivity contribution is -0.118. The highest BCUT2D eigenvalue weighted by atomic mass is 16.5. The van der Waals surface area contributed by atoms with Crippen LogP contribution in [0.15, 0.2) is 40.9 Å². The van der Waals surface area contributed by atoms with Crippen molar-refractivity contribution in [3.8, 4) is 11.3 Å². The summed E-state index contributed by atoms with van der Waals surface area (Å²) in [6, 6.07) is 11.7. The zero-order chi connectivity index (χ0) is 21.4. The average molecular weight is 418 g/mol. The molecule has 31 heavy (non-hydrogen) atoms. The number of nitrogens with zero attached hydrogens (tertiary/aromatic N) is 3. The van der Waals surface area contributed by atoms with Gasteiger partial charge in [-0.05, 0) is 44.1 Å². The monoisotopic (exact) mass is 418 g/mol. The smallest absolute Gasteiger partial charge is 0.259 e. The van der Waals surface area contributed by atoms with Crippen molar-refractivity contribution in [2.45, 2.75) is 44.4 Å². The van der Waals surface area contributed by atoms with Crippen LogP contribution >= 0.6 is 0 Å². The van der Waals surface area contributed by atoms with Gasteiger partial charge in [0.25, 0.3) is 11.6 Å². The van der Waals surface area contributed by atoms with Crippen LogP contribution in [-0.2, 0) is 4.79 Å². The molecular formula is C24H26N4O3. The Morgan fingerprint density at radius 1 is 1.16 bits per heavy atom. The molecule has 2 fully saturated rings. The van der Waals surface area contributed by atoms with E-state index in [1.165, 1.54) is 0 Å². The van der Waals surface area contributed by atoms with Crippen LogP contribution in [-0.4, -0.2) is 39.9 Å². The van der Waals surface area contributed by atoms with Crippen LogP contribution in [0.4, 0.5) is 0 Å². The third kappa shape index (κ3) is 4.04. The molecular weight excluding hydrogens is 392 g/mol. The number of hydrogen-bond acceptors (Lipinski definition) is 5. The highest BCUT2D eigenvalue weighted by molar-refractivity contribution is 6.09. The van der Waals surface area contributed by atoms with Crippen LogP contribution in [0, 0.1) is 5.92 Å². The first-order chi connectivity index (χ1) is 15.1. The van der Waals surface area contributed by atoms with Gasteiger partial charge in [0.15, 0.2) is 0 Å². The van der Waals surface area contributed by atoms with E-state index in [9.17, 15) is 9.59 Å². The molecule has 0 spiro atoms. The van der Waals surface area contributed by atoms with Gasteiger partial charge in [-0.3, -0.25) is 9.59 Å². The van der Waals surface area contributed by atoms with Crippen LogP contribution in [0.25, 0.3) is 22.4 Å². The van der Waals surface area contributed by atoms with E-state index in [0.29, 0.717) is 53.7 Å². The summed E-state index contributed by atoms with van der Waals surface area (Å²) in [7, 11) is 0. The SMILES string of the molecule is NC(=O)CCC1CCCN(C(=O)c2cc(C3CC3)nc3onc(-c4ccccc4)c23)C1. The highest BCUT2D eigenvalue weighted by Crippen LogP contribution is 2.41. The number of likely N-dealkylation sites (tertiary alicyclic amines) is 1. The zero-order valence-corrected chi connectivity index (χ0v) is 17.4. The number of hydrogen-bond donors (Lipinski definition) is 1. The van der Waals surface area contributed by atoms with Gasteiger partial charge >= 0.3 is 0 Å². The molecule has 1 aliphatic carbocycles. The topological polar surface area (TPSA) is 102 Å². The number of primary amides is 1. The number of benzene rings is 1. The summed E-state index contributed by atoms with van der Waals surface area (Å²) < 4.78 is 5.60.